The number of rotatable bonds is 7. The molecule has 0 fully saturated rings. The fourth-order valence-electron chi connectivity index (χ4n) is 2.04. The molecule has 2 rings (SSSR count). The Morgan fingerprint density at radius 2 is 1.95 bits per heavy atom. The molecular formula is C17H19ClN2O2. The fraction of sp³-hybridized carbons (Fsp3) is 0.235. The second-order valence-corrected chi connectivity index (χ2v) is 5.54. The van der Waals surface area contributed by atoms with Crippen molar-refractivity contribution >= 4 is 17.5 Å². The van der Waals surface area contributed by atoms with E-state index in [9.17, 15) is 4.79 Å². The summed E-state index contributed by atoms with van der Waals surface area (Å²) in [6.45, 7) is 2.14. The molecule has 1 amide bonds. The summed E-state index contributed by atoms with van der Waals surface area (Å²) in [5.41, 5.74) is 6.87. The highest BCUT2D eigenvalue weighted by atomic mass is 35.5. The van der Waals surface area contributed by atoms with Crippen LogP contribution in [-0.2, 0) is 6.54 Å². The lowest BCUT2D eigenvalue weighted by atomic mass is 10.1. The zero-order chi connectivity index (χ0) is 15.9. The van der Waals surface area contributed by atoms with Gasteiger partial charge in [-0.15, -0.1) is 0 Å². The highest BCUT2D eigenvalue weighted by molar-refractivity contribution is 6.30. The van der Waals surface area contributed by atoms with Crippen molar-refractivity contribution < 1.29 is 9.53 Å². The van der Waals surface area contributed by atoms with E-state index in [-0.39, 0.29) is 0 Å². The Labute approximate surface area is 135 Å². The van der Waals surface area contributed by atoms with Crippen molar-refractivity contribution in [3.05, 3.63) is 64.7 Å². The summed E-state index contributed by atoms with van der Waals surface area (Å²) in [5.74, 6) is 0.363. The van der Waals surface area contributed by atoms with E-state index in [4.69, 9.17) is 22.1 Å². The van der Waals surface area contributed by atoms with E-state index in [1.54, 1.807) is 18.2 Å². The summed E-state index contributed by atoms with van der Waals surface area (Å²) < 4.78 is 5.66. The maximum Gasteiger partial charge on any atom is 0.248 e. The van der Waals surface area contributed by atoms with Crippen LogP contribution >= 0.6 is 11.6 Å². The molecule has 22 heavy (non-hydrogen) atoms. The van der Waals surface area contributed by atoms with Crippen molar-refractivity contribution in [2.45, 2.75) is 6.54 Å². The zero-order valence-corrected chi connectivity index (χ0v) is 13.2. The van der Waals surface area contributed by atoms with Crippen LogP contribution in [0.3, 0.4) is 0 Å². The minimum Gasteiger partial charge on any atom is -0.492 e. The Hall–Kier alpha value is -2.04. The van der Waals surface area contributed by atoms with Gasteiger partial charge in [0.2, 0.25) is 5.91 Å². The number of carbonyl (C=O) groups excluding carboxylic acids is 1. The molecule has 5 heteroatoms. The third-order valence-corrected chi connectivity index (χ3v) is 3.46. The molecule has 4 nitrogen and oxygen atoms in total. The van der Waals surface area contributed by atoms with E-state index in [1.165, 1.54) is 0 Å². The van der Waals surface area contributed by atoms with E-state index in [0.29, 0.717) is 17.2 Å². The fourth-order valence-corrected chi connectivity index (χ4v) is 2.22. The Morgan fingerprint density at radius 1 is 1.23 bits per heavy atom. The van der Waals surface area contributed by atoms with Gasteiger partial charge in [-0.1, -0.05) is 29.8 Å². The van der Waals surface area contributed by atoms with Crippen LogP contribution in [-0.4, -0.2) is 31.0 Å². The largest absolute Gasteiger partial charge is 0.492 e. The van der Waals surface area contributed by atoms with Crippen molar-refractivity contribution in [3.8, 4) is 5.75 Å². The maximum absolute atomic E-state index is 11.0. The Balaban J connectivity index is 1.78. The quantitative estimate of drug-likeness (QED) is 0.854. The van der Waals surface area contributed by atoms with Gasteiger partial charge in [0, 0.05) is 23.7 Å². The second kappa shape index (κ2) is 7.82. The van der Waals surface area contributed by atoms with Crippen molar-refractivity contribution in [1.82, 2.24) is 4.90 Å². The summed E-state index contributed by atoms with van der Waals surface area (Å²) in [6.07, 6.45) is 0. The van der Waals surface area contributed by atoms with E-state index >= 15 is 0 Å². The zero-order valence-electron chi connectivity index (χ0n) is 12.5. The normalized spacial score (nSPS) is 10.7. The molecule has 0 aliphatic carbocycles. The number of nitrogens with zero attached hydrogens (tertiary/aromatic N) is 1. The number of ether oxygens (including phenoxy) is 1. The predicted molar refractivity (Wildman–Crippen MR) is 88.2 cm³/mol. The number of amides is 1. The number of hydrogen-bond donors (Lipinski definition) is 1. The molecule has 0 heterocycles. The van der Waals surface area contributed by atoms with Crippen LogP contribution in [0.25, 0.3) is 0 Å². The molecule has 0 aliphatic rings. The Morgan fingerprint density at radius 3 is 2.59 bits per heavy atom. The van der Waals surface area contributed by atoms with E-state index in [2.05, 4.69) is 4.90 Å². The van der Waals surface area contributed by atoms with Gasteiger partial charge in [-0.3, -0.25) is 9.69 Å². The molecule has 0 unspecified atom stereocenters. The van der Waals surface area contributed by atoms with E-state index in [0.717, 1.165) is 24.4 Å². The molecule has 0 radical (unpaired) electrons. The third kappa shape index (κ3) is 5.06. The van der Waals surface area contributed by atoms with Crippen LogP contribution in [0.15, 0.2) is 48.5 Å². The van der Waals surface area contributed by atoms with Crippen LogP contribution in [0, 0.1) is 0 Å². The van der Waals surface area contributed by atoms with Gasteiger partial charge in [-0.05, 0) is 42.9 Å². The molecule has 0 bridgehead atoms. The number of primary amides is 1. The molecule has 0 atom stereocenters. The summed E-state index contributed by atoms with van der Waals surface area (Å²) in [7, 11) is 2.02. The smallest absolute Gasteiger partial charge is 0.248 e. The van der Waals surface area contributed by atoms with Crippen molar-refractivity contribution in [2.24, 2.45) is 5.73 Å². The lowest BCUT2D eigenvalue weighted by Crippen LogP contribution is -2.24. The van der Waals surface area contributed by atoms with Gasteiger partial charge in [0.1, 0.15) is 12.4 Å². The molecule has 0 aromatic heterocycles. The van der Waals surface area contributed by atoms with Crippen LogP contribution in [0.1, 0.15) is 15.9 Å². The maximum atomic E-state index is 11.0. The summed E-state index contributed by atoms with van der Waals surface area (Å²) >= 11 is 5.91. The van der Waals surface area contributed by atoms with E-state index in [1.807, 2.05) is 37.4 Å². The average Bonchev–Trinajstić information content (AvgIpc) is 2.48. The van der Waals surface area contributed by atoms with Crippen LogP contribution < -0.4 is 10.5 Å². The molecule has 0 saturated heterocycles. The number of nitrogens with two attached hydrogens (primary N) is 1. The number of halogens is 1. The molecular weight excluding hydrogens is 300 g/mol. The number of likely N-dealkylation sites (N-methyl/N-ethyl adjacent to an activating group) is 1. The van der Waals surface area contributed by atoms with Crippen molar-refractivity contribution in [3.63, 3.8) is 0 Å². The Kier molecular flexibility index (Phi) is 5.81. The first-order valence-corrected chi connectivity index (χ1v) is 7.38. The minimum absolute atomic E-state index is 0.408. The third-order valence-electron chi connectivity index (χ3n) is 3.23. The standard InChI is InChI=1S/C17H19ClN2O2/c1-20(9-10-22-16-4-2-3-15(18)11-16)12-13-5-7-14(8-6-13)17(19)21/h2-8,11H,9-10,12H2,1H3,(H2,19,21). The first-order chi connectivity index (χ1) is 10.5. The summed E-state index contributed by atoms with van der Waals surface area (Å²) in [6, 6.07) is 14.7. The molecule has 0 saturated carbocycles. The SMILES string of the molecule is CN(CCOc1cccc(Cl)c1)Cc1ccc(C(N)=O)cc1. The molecule has 0 aliphatic heterocycles. The Bertz CT molecular complexity index is 629. The van der Waals surface area contributed by atoms with Crippen molar-refractivity contribution in [2.75, 3.05) is 20.2 Å². The topological polar surface area (TPSA) is 55.6 Å². The van der Waals surface area contributed by atoms with E-state index < -0.39 is 5.91 Å². The van der Waals surface area contributed by atoms with Gasteiger partial charge in [0.05, 0.1) is 0 Å². The van der Waals surface area contributed by atoms with Gasteiger partial charge < -0.3 is 10.5 Å². The molecule has 2 N–H and O–H groups in total. The lowest BCUT2D eigenvalue weighted by Gasteiger charge is -2.17. The predicted octanol–water partition coefficient (Wildman–Crippen LogP) is 2.95. The first-order valence-electron chi connectivity index (χ1n) is 7.00. The molecule has 2 aromatic rings. The van der Waals surface area contributed by atoms with Gasteiger partial charge >= 0.3 is 0 Å². The van der Waals surface area contributed by atoms with Gasteiger partial charge in [-0.25, -0.2) is 0 Å². The monoisotopic (exact) mass is 318 g/mol. The number of hydrogen-bond acceptors (Lipinski definition) is 3. The van der Waals surface area contributed by atoms with Crippen LogP contribution in [0.5, 0.6) is 5.75 Å². The van der Waals surface area contributed by atoms with Crippen LogP contribution in [0.2, 0.25) is 5.02 Å². The van der Waals surface area contributed by atoms with Crippen molar-refractivity contribution in [1.29, 1.82) is 0 Å². The summed E-state index contributed by atoms with van der Waals surface area (Å²) in [5, 5.41) is 0.667. The van der Waals surface area contributed by atoms with Gasteiger partial charge in [0.15, 0.2) is 0 Å². The number of benzene rings is 2. The molecule has 0 spiro atoms. The van der Waals surface area contributed by atoms with Crippen LogP contribution in [0.4, 0.5) is 0 Å². The average molecular weight is 319 g/mol. The highest BCUT2D eigenvalue weighted by Gasteiger charge is 2.03. The highest BCUT2D eigenvalue weighted by Crippen LogP contribution is 2.17. The first kappa shape index (κ1) is 16.3. The van der Waals surface area contributed by atoms with Gasteiger partial charge in [-0.2, -0.15) is 0 Å². The lowest BCUT2D eigenvalue weighted by molar-refractivity contribution is 0.100. The summed E-state index contributed by atoms with van der Waals surface area (Å²) in [4.78, 5) is 13.2. The molecule has 2 aromatic carbocycles. The minimum atomic E-state index is -0.408. The van der Waals surface area contributed by atoms with Gasteiger partial charge in [0.25, 0.3) is 0 Å². The number of carbonyl (C=O) groups is 1. The molecule has 116 valence electrons. The second-order valence-electron chi connectivity index (χ2n) is 5.10.